The summed E-state index contributed by atoms with van der Waals surface area (Å²) in [4.78, 5) is 0. The lowest BCUT2D eigenvalue weighted by atomic mass is 10.1. The van der Waals surface area contributed by atoms with E-state index in [-0.39, 0.29) is 5.75 Å². The highest BCUT2D eigenvalue weighted by molar-refractivity contribution is 5.31. The zero-order valence-corrected chi connectivity index (χ0v) is 10.4. The summed E-state index contributed by atoms with van der Waals surface area (Å²) in [5.74, 6) is -1.07. The lowest BCUT2D eigenvalue weighted by molar-refractivity contribution is 0.231. The lowest BCUT2D eigenvalue weighted by Crippen LogP contribution is -2.11. The van der Waals surface area contributed by atoms with Crippen molar-refractivity contribution in [3.05, 3.63) is 29.3 Å². The maximum absolute atomic E-state index is 13.7. The van der Waals surface area contributed by atoms with Crippen LogP contribution in [0.2, 0.25) is 0 Å². The molecule has 100 valence electrons. The maximum Gasteiger partial charge on any atom is 0.190 e. The first-order valence-corrected chi connectivity index (χ1v) is 6.51. The molecule has 2 nitrogen and oxygen atoms in total. The molecule has 18 heavy (non-hydrogen) atoms. The molecule has 1 aromatic rings. The number of benzene rings is 1. The van der Waals surface area contributed by atoms with Gasteiger partial charge >= 0.3 is 0 Å². The fourth-order valence-electron chi connectivity index (χ4n) is 2.44. The molecule has 4 heteroatoms. The SMILES string of the molecule is NCCc1cc(F)c(OCC2CCCC2)c(F)c1. The molecule has 1 aliphatic carbocycles. The monoisotopic (exact) mass is 255 g/mol. The zero-order chi connectivity index (χ0) is 13.0. The number of hydrogen-bond donors (Lipinski definition) is 1. The Morgan fingerprint density at radius 2 is 1.78 bits per heavy atom. The number of ether oxygens (including phenoxy) is 1. The molecule has 0 aromatic heterocycles. The molecule has 0 saturated heterocycles. The smallest absolute Gasteiger partial charge is 0.190 e. The Balaban J connectivity index is 2.02. The summed E-state index contributed by atoms with van der Waals surface area (Å²) in [5.41, 5.74) is 5.93. The maximum atomic E-state index is 13.7. The Bertz CT molecular complexity index is 380. The van der Waals surface area contributed by atoms with Gasteiger partial charge in [0, 0.05) is 0 Å². The second-order valence-corrected chi connectivity index (χ2v) is 4.89. The molecule has 0 atom stereocenters. The van der Waals surface area contributed by atoms with Crippen molar-refractivity contribution in [3.63, 3.8) is 0 Å². The second-order valence-electron chi connectivity index (χ2n) is 4.89. The van der Waals surface area contributed by atoms with Crippen LogP contribution in [0.3, 0.4) is 0 Å². The molecule has 0 unspecified atom stereocenters. The van der Waals surface area contributed by atoms with E-state index in [0.29, 0.717) is 31.1 Å². The summed E-state index contributed by atoms with van der Waals surface area (Å²) in [6.07, 6.45) is 5.03. The van der Waals surface area contributed by atoms with Crippen LogP contribution in [0.15, 0.2) is 12.1 Å². The minimum absolute atomic E-state index is 0.248. The van der Waals surface area contributed by atoms with Gasteiger partial charge in [-0.1, -0.05) is 12.8 Å². The molecule has 0 aliphatic heterocycles. The topological polar surface area (TPSA) is 35.2 Å². The molecule has 2 N–H and O–H groups in total. The van der Waals surface area contributed by atoms with Crippen molar-refractivity contribution < 1.29 is 13.5 Å². The summed E-state index contributed by atoms with van der Waals surface area (Å²) in [7, 11) is 0. The molecular formula is C14H19F2NO. The predicted octanol–water partition coefficient (Wildman–Crippen LogP) is 3.04. The molecule has 2 rings (SSSR count). The first-order valence-electron chi connectivity index (χ1n) is 6.51. The number of nitrogens with two attached hydrogens (primary N) is 1. The van der Waals surface area contributed by atoms with Crippen molar-refractivity contribution in [2.75, 3.05) is 13.2 Å². The minimum Gasteiger partial charge on any atom is -0.487 e. The molecule has 0 heterocycles. The van der Waals surface area contributed by atoms with E-state index in [1.165, 1.54) is 25.0 Å². The van der Waals surface area contributed by atoms with Crippen molar-refractivity contribution in [1.82, 2.24) is 0 Å². The molecule has 0 amide bonds. The van der Waals surface area contributed by atoms with Gasteiger partial charge in [-0.15, -0.1) is 0 Å². The van der Waals surface area contributed by atoms with Gasteiger partial charge in [0.05, 0.1) is 6.61 Å². The van der Waals surface area contributed by atoms with Crippen LogP contribution < -0.4 is 10.5 Å². The van der Waals surface area contributed by atoms with Crippen LogP contribution in [0.4, 0.5) is 8.78 Å². The van der Waals surface area contributed by atoms with E-state index in [4.69, 9.17) is 10.5 Å². The van der Waals surface area contributed by atoms with Crippen LogP contribution in [-0.4, -0.2) is 13.2 Å². The second kappa shape index (κ2) is 6.14. The normalized spacial score (nSPS) is 16.2. The largest absolute Gasteiger partial charge is 0.487 e. The predicted molar refractivity (Wildman–Crippen MR) is 66.6 cm³/mol. The van der Waals surface area contributed by atoms with Crippen LogP contribution in [0, 0.1) is 17.6 Å². The van der Waals surface area contributed by atoms with E-state index in [1.807, 2.05) is 0 Å². The van der Waals surface area contributed by atoms with Gasteiger partial charge in [0.15, 0.2) is 17.4 Å². The third-order valence-corrected chi connectivity index (χ3v) is 3.43. The summed E-state index contributed by atoms with van der Waals surface area (Å²) in [5, 5.41) is 0. The van der Waals surface area contributed by atoms with Crippen molar-refractivity contribution in [2.45, 2.75) is 32.1 Å². The van der Waals surface area contributed by atoms with Crippen LogP contribution in [0.5, 0.6) is 5.75 Å². The van der Waals surface area contributed by atoms with E-state index in [9.17, 15) is 8.78 Å². The van der Waals surface area contributed by atoms with Gasteiger partial charge in [0.1, 0.15) is 0 Å². The van der Waals surface area contributed by atoms with Gasteiger partial charge in [-0.25, -0.2) is 8.78 Å². The Morgan fingerprint density at radius 3 is 2.33 bits per heavy atom. The standard InChI is InChI=1S/C14H19F2NO/c15-12-7-11(5-6-17)8-13(16)14(12)18-9-10-3-1-2-4-10/h7-8,10H,1-6,9,17H2. The van der Waals surface area contributed by atoms with Gasteiger partial charge < -0.3 is 10.5 Å². The van der Waals surface area contributed by atoms with Crippen molar-refractivity contribution >= 4 is 0 Å². The summed E-state index contributed by atoms with van der Waals surface area (Å²) in [6, 6.07) is 2.61. The zero-order valence-electron chi connectivity index (χ0n) is 10.4. The molecule has 0 spiro atoms. The fraction of sp³-hybridized carbons (Fsp3) is 0.571. The summed E-state index contributed by atoms with van der Waals surface area (Å²) < 4.78 is 32.7. The summed E-state index contributed by atoms with van der Waals surface area (Å²) in [6.45, 7) is 0.783. The van der Waals surface area contributed by atoms with Gasteiger partial charge in [0.2, 0.25) is 0 Å². The average molecular weight is 255 g/mol. The summed E-state index contributed by atoms with van der Waals surface area (Å²) >= 11 is 0. The molecule has 1 saturated carbocycles. The first-order chi connectivity index (χ1) is 8.70. The molecule has 1 aromatic carbocycles. The average Bonchev–Trinajstić information content (AvgIpc) is 2.81. The Kier molecular flexibility index (Phi) is 4.53. The quantitative estimate of drug-likeness (QED) is 0.877. The van der Waals surface area contributed by atoms with E-state index in [0.717, 1.165) is 12.8 Å². The third kappa shape index (κ3) is 3.19. The molecule has 0 bridgehead atoms. The molecular weight excluding hydrogens is 236 g/mol. The fourth-order valence-corrected chi connectivity index (χ4v) is 2.44. The van der Waals surface area contributed by atoms with Crippen molar-refractivity contribution in [1.29, 1.82) is 0 Å². The Labute approximate surface area is 106 Å². The van der Waals surface area contributed by atoms with Crippen LogP contribution >= 0.6 is 0 Å². The van der Waals surface area contributed by atoms with Crippen LogP contribution in [-0.2, 0) is 6.42 Å². The van der Waals surface area contributed by atoms with Crippen LogP contribution in [0.25, 0.3) is 0 Å². The van der Waals surface area contributed by atoms with Gasteiger partial charge in [-0.05, 0) is 49.4 Å². The minimum atomic E-state index is -0.628. The van der Waals surface area contributed by atoms with Gasteiger partial charge in [-0.3, -0.25) is 0 Å². The lowest BCUT2D eigenvalue weighted by Gasteiger charge is -2.13. The van der Waals surface area contributed by atoms with E-state index < -0.39 is 11.6 Å². The van der Waals surface area contributed by atoms with E-state index >= 15 is 0 Å². The van der Waals surface area contributed by atoms with Gasteiger partial charge in [-0.2, -0.15) is 0 Å². The van der Waals surface area contributed by atoms with E-state index in [2.05, 4.69) is 0 Å². The number of halogens is 2. The van der Waals surface area contributed by atoms with E-state index in [1.54, 1.807) is 0 Å². The molecule has 0 radical (unpaired) electrons. The van der Waals surface area contributed by atoms with Crippen LogP contribution in [0.1, 0.15) is 31.2 Å². The molecule has 1 aliphatic rings. The highest BCUT2D eigenvalue weighted by atomic mass is 19.1. The van der Waals surface area contributed by atoms with Crippen molar-refractivity contribution in [2.24, 2.45) is 11.7 Å². The Hall–Kier alpha value is -1.16. The molecule has 1 fully saturated rings. The number of hydrogen-bond acceptors (Lipinski definition) is 2. The Morgan fingerprint density at radius 1 is 1.17 bits per heavy atom. The highest BCUT2D eigenvalue weighted by Crippen LogP contribution is 2.28. The van der Waals surface area contributed by atoms with Crippen molar-refractivity contribution in [3.8, 4) is 5.75 Å². The third-order valence-electron chi connectivity index (χ3n) is 3.43. The van der Waals surface area contributed by atoms with Gasteiger partial charge in [0.25, 0.3) is 0 Å². The highest BCUT2D eigenvalue weighted by Gasteiger charge is 2.18. The number of rotatable bonds is 5. The first kappa shape index (κ1) is 13.3.